The topological polar surface area (TPSA) is 69.2 Å². The van der Waals surface area contributed by atoms with Gasteiger partial charge in [0.15, 0.2) is 18.1 Å². The minimum atomic E-state index is -0.336. The number of halogens is 3. The number of oxime groups is 1. The Balaban J connectivity index is 1.59. The first kappa shape index (κ1) is 24.9. The number of rotatable bonds is 10. The van der Waals surface area contributed by atoms with Gasteiger partial charge in [-0.05, 0) is 76.9 Å². The molecule has 3 aromatic carbocycles. The molecule has 1 N–H and O–H groups in total. The highest BCUT2D eigenvalue weighted by Crippen LogP contribution is 2.37. The largest absolute Gasteiger partial charge is 0.490 e. The van der Waals surface area contributed by atoms with E-state index >= 15 is 0 Å². The Morgan fingerprint density at radius 3 is 2.36 bits per heavy atom. The summed E-state index contributed by atoms with van der Waals surface area (Å²) in [5.74, 6) is 0.798. The fourth-order valence-electron chi connectivity index (χ4n) is 2.73. The van der Waals surface area contributed by atoms with Crippen LogP contribution in [0.2, 0.25) is 10.0 Å². The van der Waals surface area contributed by atoms with Crippen LogP contribution in [0.25, 0.3) is 0 Å². The van der Waals surface area contributed by atoms with E-state index in [0.29, 0.717) is 50.5 Å². The van der Waals surface area contributed by atoms with Crippen LogP contribution in [0.4, 0.5) is 5.69 Å². The van der Waals surface area contributed by atoms with Gasteiger partial charge in [0.1, 0.15) is 6.61 Å². The highest BCUT2D eigenvalue weighted by Gasteiger charge is 2.12. The lowest BCUT2D eigenvalue weighted by molar-refractivity contribution is -0.120. The minimum absolute atomic E-state index is 0.235. The van der Waals surface area contributed by atoms with Gasteiger partial charge in [-0.2, -0.15) is 0 Å². The van der Waals surface area contributed by atoms with Crippen LogP contribution in [-0.2, 0) is 16.2 Å². The fourth-order valence-corrected chi connectivity index (χ4v) is 3.55. The monoisotopic (exact) mass is 550 g/mol. The standard InChI is InChI=1S/C24H21BrCl2N2O4/c1-2-31-22-12-17(11-21(25)24(22)32-14-16-3-5-18(26)6-4-16)13-28-33-15-23(30)29-20-9-7-19(27)8-10-20/h3-13H,2,14-15H2,1H3,(H,29,30)/b28-13+. The Morgan fingerprint density at radius 2 is 1.70 bits per heavy atom. The average Bonchev–Trinajstić information content (AvgIpc) is 2.79. The highest BCUT2D eigenvalue weighted by molar-refractivity contribution is 9.10. The third-order valence-electron chi connectivity index (χ3n) is 4.23. The van der Waals surface area contributed by atoms with Crippen molar-refractivity contribution >= 4 is 56.9 Å². The summed E-state index contributed by atoms with van der Waals surface area (Å²) in [7, 11) is 0. The van der Waals surface area contributed by atoms with E-state index in [0.717, 1.165) is 5.56 Å². The summed E-state index contributed by atoms with van der Waals surface area (Å²) in [5, 5.41) is 7.83. The van der Waals surface area contributed by atoms with E-state index in [1.54, 1.807) is 30.3 Å². The van der Waals surface area contributed by atoms with Gasteiger partial charge in [-0.1, -0.05) is 40.5 Å². The first-order valence-electron chi connectivity index (χ1n) is 9.99. The predicted octanol–water partition coefficient (Wildman–Crippen LogP) is 6.72. The lowest BCUT2D eigenvalue weighted by atomic mass is 10.2. The summed E-state index contributed by atoms with van der Waals surface area (Å²) in [6, 6.07) is 17.8. The van der Waals surface area contributed by atoms with Gasteiger partial charge in [-0.15, -0.1) is 0 Å². The molecule has 0 aliphatic rings. The Bertz CT molecular complexity index is 1110. The lowest BCUT2D eigenvalue weighted by Crippen LogP contribution is -2.16. The third-order valence-corrected chi connectivity index (χ3v) is 5.32. The number of amides is 1. The molecule has 1 amide bonds. The zero-order chi connectivity index (χ0) is 23.6. The van der Waals surface area contributed by atoms with E-state index in [1.807, 2.05) is 37.3 Å². The van der Waals surface area contributed by atoms with Crippen LogP contribution in [0.1, 0.15) is 18.1 Å². The molecule has 0 atom stereocenters. The van der Waals surface area contributed by atoms with Crippen LogP contribution in [0.5, 0.6) is 11.5 Å². The maximum absolute atomic E-state index is 12.0. The highest BCUT2D eigenvalue weighted by atomic mass is 79.9. The van der Waals surface area contributed by atoms with Crippen LogP contribution in [0.15, 0.2) is 70.3 Å². The molecule has 0 bridgehead atoms. The Labute approximate surface area is 210 Å². The molecule has 0 fully saturated rings. The van der Waals surface area contributed by atoms with E-state index in [9.17, 15) is 4.79 Å². The van der Waals surface area contributed by atoms with Gasteiger partial charge in [0.05, 0.1) is 17.3 Å². The molecule has 172 valence electrons. The minimum Gasteiger partial charge on any atom is -0.490 e. The van der Waals surface area contributed by atoms with Crippen LogP contribution in [0, 0.1) is 0 Å². The van der Waals surface area contributed by atoms with Gasteiger partial charge in [-0.3, -0.25) is 4.79 Å². The number of carbonyl (C=O) groups is 1. The number of hydrogen-bond acceptors (Lipinski definition) is 5. The Hall–Kier alpha value is -2.74. The molecule has 0 saturated heterocycles. The molecule has 0 heterocycles. The summed E-state index contributed by atoms with van der Waals surface area (Å²) in [6.07, 6.45) is 1.49. The molecule has 0 radical (unpaired) electrons. The smallest absolute Gasteiger partial charge is 0.265 e. The molecule has 33 heavy (non-hydrogen) atoms. The van der Waals surface area contributed by atoms with Crippen LogP contribution in [-0.4, -0.2) is 25.3 Å². The maximum atomic E-state index is 12.0. The second kappa shape index (κ2) is 12.5. The number of benzene rings is 3. The van der Waals surface area contributed by atoms with Crippen molar-refractivity contribution in [1.29, 1.82) is 0 Å². The SMILES string of the molecule is CCOc1cc(/C=N/OCC(=O)Nc2ccc(Cl)cc2)cc(Br)c1OCc1ccc(Cl)cc1. The number of anilines is 1. The van der Waals surface area contributed by atoms with Gasteiger partial charge < -0.3 is 19.6 Å². The quantitative estimate of drug-likeness (QED) is 0.224. The van der Waals surface area contributed by atoms with Gasteiger partial charge in [0.25, 0.3) is 5.91 Å². The summed E-state index contributed by atoms with van der Waals surface area (Å²) < 4.78 is 12.4. The van der Waals surface area contributed by atoms with Gasteiger partial charge >= 0.3 is 0 Å². The first-order valence-corrected chi connectivity index (χ1v) is 11.5. The lowest BCUT2D eigenvalue weighted by Gasteiger charge is -2.14. The molecule has 3 rings (SSSR count). The Morgan fingerprint density at radius 1 is 1.03 bits per heavy atom. The predicted molar refractivity (Wildman–Crippen MR) is 135 cm³/mol. The number of hydrogen-bond donors (Lipinski definition) is 1. The van der Waals surface area contributed by atoms with Crippen LogP contribution in [0.3, 0.4) is 0 Å². The van der Waals surface area contributed by atoms with Crippen molar-refractivity contribution in [2.45, 2.75) is 13.5 Å². The van der Waals surface area contributed by atoms with Gasteiger partial charge in [0, 0.05) is 21.3 Å². The zero-order valence-electron chi connectivity index (χ0n) is 17.7. The first-order chi connectivity index (χ1) is 15.9. The van der Waals surface area contributed by atoms with E-state index in [4.69, 9.17) is 37.5 Å². The molecular weight excluding hydrogens is 531 g/mol. The van der Waals surface area contributed by atoms with Crippen molar-refractivity contribution in [3.05, 3.63) is 86.3 Å². The van der Waals surface area contributed by atoms with E-state index in [-0.39, 0.29) is 12.5 Å². The maximum Gasteiger partial charge on any atom is 0.265 e. The zero-order valence-corrected chi connectivity index (χ0v) is 20.8. The van der Waals surface area contributed by atoms with E-state index in [2.05, 4.69) is 26.4 Å². The van der Waals surface area contributed by atoms with Crippen molar-refractivity contribution in [2.24, 2.45) is 5.16 Å². The van der Waals surface area contributed by atoms with Crippen molar-refractivity contribution in [3.63, 3.8) is 0 Å². The molecule has 9 heteroatoms. The summed E-state index contributed by atoms with van der Waals surface area (Å²) >= 11 is 15.3. The van der Waals surface area contributed by atoms with Crippen LogP contribution < -0.4 is 14.8 Å². The summed E-state index contributed by atoms with van der Waals surface area (Å²) in [5.41, 5.74) is 2.31. The molecule has 0 aliphatic carbocycles. The van der Waals surface area contributed by atoms with Gasteiger partial charge in [-0.25, -0.2) is 0 Å². The third kappa shape index (κ3) is 7.96. The van der Waals surface area contributed by atoms with Crippen molar-refractivity contribution in [1.82, 2.24) is 0 Å². The van der Waals surface area contributed by atoms with Crippen molar-refractivity contribution in [3.8, 4) is 11.5 Å². The molecule has 0 unspecified atom stereocenters. The molecule has 0 saturated carbocycles. The second-order valence-electron chi connectivity index (χ2n) is 6.74. The molecule has 3 aromatic rings. The molecule has 6 nitrogen and oxygen atoms in total. The number of nitrogens with one attached hydrogen (secondary N) is 1. The van der Waals surface area contributed by atoms with Crippen molar-refractivity contribution < 1.29 is 19.1 Å². The van der Waals surface area contributed by atoms with Crippen LogP contribution >= 0.6 is 39.1 Å². The van der Waals surface area contributed by atoms with Crippen molar-refractivity contribution in [2.75, 3.05) is 18.5 Å². The van der Waals surface area contributed by atoms with E-state index < -0.39 is 0 Å². The second-order valence-corrected chi connectivity index (χ2v) is 8.47. The molecule has 0 spiro atoms. The van der Waals surface area contributed by atoms with E-state index in [1.165, 1.54) is 6.21 Å². The number of nitrogens with zero attached hydrogens (tertiary/aromatic N) is 1. The average molecular weight is 552 g/mol. The molecular formula is C24H21BrCl2N2O4. The summed E-state index contributed by atoms with van der Waals surface area (Å²) in [6.45, 7) is 2.47. The fraction of sp³-hybridized carbons (Fsp3) is 0.167. The Kier molecular flexibility index (Phi) is 9.42. The number of ether oxygens (including phenoxy) is 2. The number of carbonyl (C=O) groups excluding carboxylic acids is 1. The molecule has 0 aromatic heterocycles. The summed E-state index contributed by atoms with van der Waals surface area (Å²) in [4.78, 5) is 17.1. The normalized spacial score (nSPS) is 10.8. The van der Waals surface area contributed by atoms with Gasteiger partial charge in [0.2, 0.25) is 0 Å². The molecule has 0 aliphatic heterocycles.